The Morgan fingerprint density at radius 1 is 1.31 bits per heavy atom. The Morgan fingerprint density at radius 3 is 2.69 bits per heavy atom. The summed E-state index contributed by atoms with van der Waals surface area (Å²) in [5.41, 5.74) is 7.43. The minimum absolute atomic E-state index is 0.423. The molecular formula is C11H13N5. The van der Waals surface area contributed by atoms with Crippen molar-refractivity contribution in [3.8, 4) is 11.4 Å². The summed E-state index contributed by atoms with van der Waals surface area (Å²) in [6, 6.07) is 3.74. The van der Waals surface area contributed by atoms with Crippen LogP contribution in [-0.2, 0) is 6.54 Å². The number of nitrogens with two attached hydrogens (primary N) is 1. The van der Waals surface area contributed by atoms with E-state index in [4.69, 9.17) is 5.73 Å². The van der Waals surface area contributed by atoms with Crippen molar-refractivity contribution in [3.63, 3.8) is 0 Å². The maximum atomic E-state index is 5.58. The normalized spacial score (nSPS) is 10.1. The van der Waals surface area contributed by atoms with Gasteiger partial charge in [-0.2, -0.15) is 0 Å². The summed E-state index contributed by atoms with van der Waals surface area (Å²) < 4.78 is 0. The molecule has 82 valence electrons. The van der Waals surface area contributed by atoms with Gasteiger partial charge in [0.1, 0.15) is 5.82 Å². The van der Waals surface area contributed by atoms with Crippen LogP contribution in [0.15, 0.2) is 30.7 Å². The number of aromatic nitrogens is 3. The van der Waals surface area contributed by atoms with Crippen LogP contribution in [0.2, 0.25) is 0 Å². The summed E-state index contributed by atoms with van der Waals surface area (Å²) in [7, 11) is 1.82. The fraction of sp³-hybridized carbons (Fsp3) is 0.182. The predicted molar refractivity (Wildman–Crippen MR) is 62.7 cm³/mol. The molecule has 0 atom stereocenters. The fourth-order valence-electron chi connectivity index (χ4n) is 1.41. The second-order valence-corrected chi connectivity index (χ2v) is 3.26. The molecular weight excluding hydrogens is 202 g/mol. The lowest BCUT2D eigenvalue weighted by Gasteiger charge is -2.07. The zero-order valence-corrected chi connectivity index (χ0v) is 9.01. The van der Waals surface area contributed by atoms with Crippen molar-refractivity contribution in [2.24, 2.45) is 5.73 Å². The molecule has 0 aliphatic carbocycles. The quantitative estimate of drug-likeness (QED) is 0.800. The van der Waals surface area contributed by atoms with Crippen LogP contribution < -0.4 is 11.1 Å². The van der Waals surface area contributed by atoms with Gasteiger partial charge in [-0.1, -0.05) is 0 Å². The van der Waals surface area contributed by atoms with E-state index in [2.05, 4.69) is 20.3 Å². The van der Waals surface area contributed by atoms with E-state index in [1.807, 2.05) is 19.2 Å². The van der Waals surface area contributed by atoms with Crippen molar-refractivity contribution in [1.29, 1.82) is 0 Å². The third-order valence-corrected chi connectivity index (χ3v) is 2.26. The van der Waals surface area contributed by atoms with E-state index in [0.29, 0.717) is 12.4 Å². The summed E-state index contributed by atoms with van der Waals surface area (Å²) in [6.07, 6.45) is 5.18. The van der Waals surface area contributed by atoms with Crippen molar-refractivity contribution < 1.29 is 0 Å². The van der Waals surface area contributed by atoms with E-state index in [1.165, 1.54) is 0 Å². The summed E-state index contributed by atoms with van der Waals surface area (Å²) in [6.45, 7) is 0.423. The molecule has 2 rings (SSSR count). The number of hydrogen-bond donors (Lipinski definition) is 2. The lowest BCUT2D eigenvalue weighted by atomic mass is 10.2. The molecule has 2 heterocycles. The second-order valence-electron chi connectivity index (χ2n) is 3.26. The van der Waals surface area contributed by atoms with Gasteiger partial charge in [-0.3, -0.25) is 4.98 Å². The zero-order valence-electron chi connectivity index (χ0n) is 9.01. The van der Waals surface area contributed by atoms with Crippen LogP contribution >= 0.6 is 0 Å². The standard InChI is InChI=1S/C11H13N5/c1-13-10-9(6-12)7-15-11(16-10)8-2-4-14-5-3-8/h2-5,7H,6,12H2,1H3,(H,13,15,16). The van der Waals surface area contributed by atoms with Gasteiger partial charge in [-0.05, 0) is 12.1 Å². The topological polar surface area (TPSA) is 76.7 Å². The molecule has 0 aromatic carbocycles. The van der Waals surface area contributed by atoms with E-state index in [0.717, 1.165) is 16.9 Å². The monoisotopic (exact) mass is 215 g/mol. The lowest BCUT2D eigenvalue weighted by molar-refractivity contribution is 1.01. The van der Waals surface area contributed by atoms with Gasteiger partial charge in [0.15, 0.2) is 5.82 Å². The Balaban J connectivity index is 2.44. The van der Waals surface area contributed by atoms with Crippen molar-refractivity contribution >= 4 is 5.82 Å². The average molecular weight is 215 g/mol. The molecule has 0 saturated carbocycles. The molecule has 5 nitrogen and oxygen atoms in total. The molecule has 0 radical (unpaired) electrons. The van der Waals surface area contributed by atoms with Gasteiger partial charge in [-0.25, -0.2) is 9.97 Å². The molecule has 0 saturated heterocycles. The Bertz CT molecular complexity index is 469. The van der Waals surface area contributed by atoms with Gasteiger partial charge in [0.05, 0.1) is 0 Å². The third kappa shape index (κ3) is 1.99. The van der Waals surface area contributed by atoms with E-state index in [1.54, 1.807) is 18.6 Å². The minimum atomic E-state index is 0.423. The lowest BCUT2D eigenvalue weighted by Crippen LogP contribution is -2.06. The van der Waals surface area contributed by atoms with E-state index < -0.39 is 0 Å². The van der Waals surface area contributed by atoms with Crippen LogP contribution in [0.1, 0.15) is 5.56 Å². The largest absolute Gasteiger partial charge is 0.373 e. The highest BCUT2D eigenvalue weighted by molar-refractivity contribution is 5.57. The number of pyridine rings is 1. The van der Waals surface area contributed by atoms with E-state index in [-0.39, 0.29) is 0 Å². The summed E-state index contributed by atoms with van der Waals surface area (Å²) in [5, 5.41) is 3.01. The molecule has 0 fully saturated rings. The van der Waals surface area contributed by atoms with Gasteiger partial charge in [0, 0.05) is 43.3 Å². The molecule has 0 bridgehead atoms. The first-order valence-corrected chi connectivity index (χ1v) is 4.99. The Hall–Kier alpha value is -2.01. The minimum Gasteiger partial charge on any atom is -0.373 e. The Morgan fingerprint density at radius 2 is 2.06 bits per heavy atom. The molecule has 2 aromatic rings. The van der Waals surface area contributed by atoms with Gasteiger partial charge in [0.25, 0.3) is 0 Å². The van der Waals surface area contributed by atoms with Crippen LogP contribution in [0, 0.1) is 0 Å². The van der Waals surface area contributed by atoms with E-state index in [9.17, 15) is 0 Å². The Labute approximate surface area is 93.8 Å². The van der Waals surface area contributed by atoms with Crippen LogP contribution in [0.25, 0.3) is 11.4 Å². The first-order chi connectivity index (χ1) is 7.85. The van der Waals surface area contributed by atoms with Crippen LogP contribution in [0.4, 0.5) is 5.82 Å². The number of hydrogen-bond acceptors (Lipinski definition) is 5. The van der Waals surface area contributed by atoms with Crippen LogP contribution in [0.3, 0.4) is 0 Å². The number of nitrogens with one attached hydrogen (secondary N) is 1. The Kier molecular flexibility index (Phi) is 3.07. The van der Waals surface area contributed by atoms with Crippen LogP contribution in [-0.4, -0.2) is 22.0 Å². The highest BCUT2D eigenvalue weighted by Gasteiger charge is 2.05. The molecule has 5 heteroatoms. The number of nitrogens with zero attached hydrogens (tertiary/aromatic N) is 3. The fourth-order valence-corrected chi connectivity index (χ4v) is 1.41. The highest BCUT2D eigenvalue weighted by atomic mass is 15.0. The zero-order chi connectivity index (χ0) is 11.4. The highest BCUT2D eigenvalue weighted by Crippen LogP contribution is 2.17. The summed E-state index contributed by atoms with van der Waals surface area (Å²) >= 11 is 0. The number of anilines is 1. The van der Waals surface area contributed by atoms with Crippen molar-refractivity contribution in [3.05, 3.63) is 36.3 Å². The SMILES string of the molecule is CNc1nc(-c2ccncc2)ncc1CN. The number of rotatable bonds is 3. The third-order valence-electron chi connectivity index (χ3n) is 2.26. The molecule has 2 aromatic heterocycles. The summed E-state index contributed by atoms with van der Waals surface area (Å²) in [5.74, 6) is 1.44. The van der Waals surface area contributed by atoms with Gasteiger partial charge >= 0.3 is 0 Å². The average Bonchev–Trinajstić information content (AvgIpc) is 2.39. The molecule has 16 heavy (non-hydrogen) atoms. The van der Waals surface area contributed by atoms with Gasteiger partial charge < -0.3 is 11.1 Å². The second kappa shape index (κ2) is 4.67. The molecule has 0 aliphatic heterocycles. The van der Waals surface area contributed by atoms with Gasteiger partial charge in [-0.15, -0.1) is 0 Å². The van der Waals surface area contributed by atoms with Crippen molar-refractivity contribution in [1.82, 2.24) is 15.0 Å². The first kappa shape index (κ1) is 10.5. The smallest absolute Gasteiger partial charge is 0.161 e. The maximum absolute atomic E-state index is 5.58. The van der Waals surface area contributed by atoms with Crippen molar-refractivity contribution in [2.45, 2.75) is 6.54 Å². The maximum Gasteiger partial charge on any atom is 0.161 e. The van der Waals surface area contributed by atoms with Crippen LogP contribution in [0.5, 0.6) is 0 Å². The molecule has 3 N–H and O–H groups in total. The molecule has 0 spiro atoms. The summed E-state index contributed by atoms with van der Waals surface area (Å²) in [4.78, 5) is 12.6. The van der Waals surface area contributed by atoms with Crippen molar-refractivity contribution in [2.75, 3.05) is 12.4 Å². The first-order valence-electron chi connectivity index (χ1n) is 4.99. The molecule has 0 aliphatic rings. The molecule has 0 unspecified atom stereocenters. The van der Waals surface area contributed by atoms with E-state index >= 15 is 0 Å². The predicted octanol–water partition coefficient (Wildman–Crippen LogP) is 1.04. The molecule has 0 amide bonds. The van der Waals surface area contributed by atoms with Gasteiger partial charge in [0.2, 0.25) is 0 Å².